The Morgan fingerprint density at radius 1 is 1.21 bits per heavy atom. The number of benzene rings is 1. The third kappa shape index (κ3) is 3.53. The van der Waals surface area contributed by atoms with Gasteiger partial charge in [-0.05, 0) is 30.5 Å². The Balaban J connectivity index is 2.08. The van der Waals surface area contributed by atoms with Gasteiger partial charge in [0.2, 0.25) is 0 Å². The molecule has 2 aromatic rings. The van der Waals surface area contributed by atoms with Gasteiger partial charge in [-0.3, -0.25) is 16.3 Å². The lowest BCUT2D eigenvalue weighted by molar-refractivity contribution is 0.390. The van der Waals surface area contributed by atoms with Crippen molar-refractivity contribution in [2.45, 2.75) is 18.9 Å². The van der Waals surface area contributed by atoms with E-state index in [2.05, 4.69) is 22.5 Å². The summed E-state index contributed by atoms with van der Waals surface area (Å²) in [6, 6.07) is 14.1. The minimum Gasteiger partial charge on any atom is -0.495 e. The quantitative estimate of drug-likeness (QED) is 0.615. The molecule has 2 rings (SSSR count). The lowest BCUT2D eigenvalue weighted by atomic mass is 10.0. The van der Waals surface area contributed by atoms with E-state index in [0.717, 1.165) is 24.3 Å². The van der Waals surface area contributed by atoms with Crippen LogP contribution in [0.5, 0.6) is 5.75 Å². The summed E-state index contributed by atoms with van der Waals surface area (Å²) in [6.07, 6.45) is 3.56. The van der Waals surface area contributed by atoms with Gasteiger partial charge in [-0.1, -0.05) is 30.3 Å². The molecule has 0 aliphatic heterocycles. The van der Waals surface area contributed by atoms with Crippen molar-refractivity contribution in [2.24, 2.45) is 5.84 Å². The number of hydrogen-bond donors (Lipinski definition) is 2. The summed E-state index contributed by atoms with van der Waals surface area (Å²) in [4.78, 5) is 4.37. The Morgan fingerprint density at radius 3 is 2.68 bits per heavy atom. The first-order valence-corrected chi connectivity index (χ1v) is 6.34. The second-order valence-electron chi connectivity index (χ2n) is 4.33. The van der Waals surface area contributed by atoms with Gasteiger partial charge in [-0.15, -0.1) is 0 Å². The number of ether oxygens (including phenoxy) is 1. The van der Waals surface area contributed by atoms with Crippen LogP contribution in [-0.2, 0) is 6.42 Å². The second-order valence-corrected chi connectivity index (χ2v) is 4.33. The second kappa shape index (κ2) is 6.87. The molecule has 100 valence electrons. The number of pyridine rings is 1. The third-order valence-electron chi connectivity index (χ3n) is 3.12. The highest BCUT2D eigenvalue weighted by molar-refractivity contribution is 5.29. The zero-order chi connectivity index (χ0) is 13.5. The molecule has 0 radical (unpaired) electrons. The molecule has 4 heteroatoms. The molecule has 0 amide bonds. The molecular formula is C15H19N3O. The average Bonchev–Trinajstić information content (AvgIpc) is 2.49. The maximum Gasteiger partial charge on any atom is 0.142 e. The maximum atomic E-state index is 5.65. The molecule has 1 aromatic heterocycles. The van der Waals surface area contributed by atoms with E-state index in [1.807, 2.05) is 30.3 Å². The van der Waals surface area contributed by atoms with E-state index in [1.54, 1.807) is 13.3 Å². The molecule has 0 saturated heterocycles. The number of aromatic nitrogens is 1. The van der Waals surface area contributed by atoms with Gasteiger partial charge in [-0.2, -0.15) is 0 Å². The number of rotatable bonds is 6. The van der Waals surface area contributed by atoms with E-state index in [-0.39, 0.29) is 6.04 Å². The molecule has 0 bridgehead atoms. The molecule has 0 aliphatic carbocycles. The Hall–Kier alpha value is -1.91. The van der Waals surface area contributed by atoms with Gasteiger partial charge in [0.15, 0.2) is 0 Å². The number of nitrogens with one attached hydrogen (secondary N) is 1. The summed E-state index contributed by atoms with van der Waals surface area (Å²) in [5, 5.41) is 0. The van der Waals surface area contributed by atoms with Crippen molar-refractivity contribution in [3.63, 3.8) is 0 Å². The fraction of sp³-hybridized carbons (Fsp3) is 0.267. The molecule has 0 saturated carbocycles. The first-order chi connectivity index (χ1) is 9.35. The van der Waals surface area contributed by atoms with E-state index >= 15 is 0 Å². The monoisotopic (exact) mass is 257 g/mol. The smallest absolute Gasteiger partial charge is 0.142 e. The fourth-order valence-electron chi connectivity index (χ4n) is 2.09. The van der Waals surface area contributed by atoms with Crippen LogP contribution in [0.25, 0.3) is 0 Å². The molecule has 0 spiro atoms. The summed E-state index contributed by atoms with van der Waals surface area (Å²) in [5.74, 6) is 6.41. The van der Waals surface area contributed by atoms with Crippen LogP contribution in [0.1, 0.15) is 23.7 Å². The number of nitrogens with two attached hydrogens (primary N) is 1. The van der Waals surface area contributed by atoms with Gasteiger partial charge in [0.25, 0.3) is 0 Å². The molecule has 1 atom stereocenters. The third-order valence-corrected chi connectivity index (χ3v) is 3.12. The summed E-state index contributed by atoms with van der Waals surface area (Å²) >= 11 is 0. The summed E-state index contributed by atoms with van der Waals surface area (Å²) in [5.41, 5.74) is 4.96. The zero-order valence-corrected chi connectivity index (χ0v) is 11.0. The minimum absolute atomic E-state index is 0.0173. The normalized spacial score (nSPS) is 12.1. The largest absolute Gasteiger partial charge is 0.495 e. The summed E-state index contributed by atoms with van der Waals surface area (Å²) in [6.45, 7) is 0. The van der Waals surface area contributed by atoms with E-state index < -0.39 is 0 Å². The first kappa shape index (κ1) is 13.5. The van der Waals surface area contributed by atoms with Gasteiger partial charge in [0, 0.05) is 6.20 Å². The van der Waals surface area contributed by atoms with Crippen molar-refractivity contribution in [2.75, 3.05) is 7.11 Å². The van der Waals surface area contributed by atoms with Gasteiger partial charge < -0.3 is 4.74 Å². The molecule has 4 nitrogen and oxygen atoms in total. The predicted octanol–water partition coefficient (Wildman–Crippen LogP) is 2.23. The van der Waals surface area contributed by atoms with Crippen molar-refractivity contribution in [3.05, 3.63) is 59.9 Å². The lowest BCUT2D eigenvalue weighted by Crippen LogP contribution is -2.29. The summed E-state index contributed by atoms with van der Waals surface area (Å²) in [7, 11) is 1.64. The van der Waals surface area contributed by atoms with Gasteiger partial charge in [0.05, 0.1) is 13.2 Å². The van der Waals surface area contributed by atoms with Crippen LogP contribution >= 0.6 is 0 Å². The predicted molar refractivity (Wildman–Crippen MR) is 75.6 cm³/mol. The van der Waals surface area contributed by atoms with E-state index in [4.69, 9.17) is 10.6 Å². The Morgan fingerprint density at radius 2 is 2.00 bits per heavy atom. The van der Waals surface area contributed by atoms with E-state index in [9.17, 15) is 0 Å². The molecule has 1 aromatic carbocycles. The average molecular weight is 257 g/mol. The van der Waals surface area contributed by atoms with E-state index in [1.165, 1.54) is 5.56 Å². The van der Waals surface area contributed by atoms with Crippen LogP contribution in [0.3, 0.4) is 0 Å². The van der Waals surface area contributed by atoms with E-state index in [0.29, 0.717) is 0 Å². The van der Waals surface area contributed by atoms with Crippen LogP contribution in [0.15, 0.2) is 48.7 Å². The van der Waals surface area contributed by atoms with Crippen molar-refractivity contribution < 1.29 is 4.74 Å². The van der Waals surface area contributed by atoms with Crippen LogP contribution in [-0.4, -0.2) is 12.1 Å². The number of nitrogens with zero attached hydrogens (tertiary/aromatic N) is 1. The molecular weight excluding hydrogens is 238 g/mol. The zero-order valence-electron chi connectivity index (χ0n) is 11.0. The number of aryl methyl sites for hydroxylation is 1. The maximum absolute atomic E-state index is 5.65. The van der Waals surface area contributed by atoms with Crippen LogP contribution < -0.4 is 16.0 Å². The highest BCUT2D eigenvalue weighted by Gasteiger charge is 2.15. The minimum atomic E-state index is -0.0173. The molecule has 1 unspecified atom stereocenters. The Kier molecular flexibility index (Phi) is 4.89. The SMILES string of the molecule is COc1cccnc1C(CCc1ccccc1)NN. The first-order valence-electron chi connectivity index (χ1n) is 6.34. The van der Waals surface area contributed by atoms with Crippen LogP contribution in [0, 0.1) is 0 Å². The molecule has 1 heterocycles. The van der Waals surface area contributed by atoms with Crippen molar-refractivity contribution in [1.29, 1.82) is 0 Å². The van der Waals surface area contributed by atoms with Gasteiger partial charge in [0.1, 0.15) is 11.4 Å². The van der Waals surface area contributed by atoms with Gasteiger partial charge in [-0.25, -0.2) is 0 Å². The highest BCUT2D eigenvalue weighted by atomic mass is 16.5. The molecule has 0 fully saturated rings. The van der Waals surface area contributed by atoms with Crippen LogP contribution in [0.2, 0.25) is 0 Å². The van der Waals surface area contributed by atoms with Crippen molar-refractivity contribution >= 4 is 0 Å². The molecule has 0 aliphatic rings. The topological polar surface area (TPSA) is 60.2 Å². The number of hydrogen-bond acceptors (Lipinski definition) is 4. The number of methoxy groups -OCH3 is 1. The summed E-state index contributed by atoms with van der Waals surface area (Å²) < 4.78 is 5.32. The Bertz CT molecular complexity index is 502. The molecule has 3 N–H and O–H groups in total. The van der Waals surface area contributed by atoms with Gasteiger partial charge >= 0.3 is 0 Å². The van der Waals surface area contributed by atoms with Crippen molar-refractivity contribution in [1.82, 2.24) is 10.4 Å². The molecule has 19 heavy (non-hydrogen) atoms. The lowest BCUT2D eigenvalue weighted by Gasteiger charge is -2.17. The fourth-order valence-corrected chi connectivity index (χ4v) is 2.09. The highest BCUT2D eigenvalue weighted by Crippen LogP contribution is 2.25. The Labute approximate surface area is 113 Å². The van der Waals surface area contributed by atoms with Crippen molar-refractivity contribution in [3.8, 4) is 5.75 Å². The van der Waals surface area contributed by atoms with Crippen LogP contribution in [0.4, 0.5) is 0 Å². The standard InChI is InChI=1S/C15H19N3O/c1-19-14-8-5-11-17-15(14)13(18-16)10-9-12-6-3-2-4-7-12/h2-8,11,13,18H,9-10,16H2,1H3. The number of hydrazine groups is 1.